The van der Waals surface area contributed by atoms with Gasteiger partial charge in [0.1, 0.15) is 0 Å². The van der Waals surface area contributed by atoms with Crippen molar-refractivity contribution in [2.45, 2.75) is 51.6 Å². The van der Waals surface area contributed by atoms with Crippen LogP contribution in [0.5, 0.6) is 0 Å². The fraction of sp³-hybridized carbons (Fsp3) is 0.688. The van der Waals surface area contributed by atoms with Crippen LogP contribution in [0, 0.1) is 11.8 Å². The average Bonchev–Trinajstić information content (AvgIpc) is 2.84. The summed E-state index contributed by atoms with van der Waals surface area (Å²) >= 11 is 5.21. The lowest BCUT2D eigenvalue weighted by Crippen LogP contribution is -2.45. The van der Waals surface area contributed by atoms with E-state index in [0.717, 1.165) is 30.3 Å². The molecular weight excluding hydrogens is 350 g/mol. The van der Waals surface area contributed by atoms with Crippen molar-refractivity contribution in [1.82, 2.24) is 4.90 Å². The summed E-state index contributed by atoms with van der Waals surface area (Å²) in [6.07, 6.45) is 5.33. The molecule has 0 saturated heterocycles. The predicted molar refractivity (Wildman–Crippen MR) is 90.6 cm³/mol. The highest BCUT2D eigenvalue weighted by Gasteiger charge is 2.36. The second-order valence-electron chi connectivity index (χ2n) is 6.13. The van der Waals surface area contributed by atoms with E-state index in [1.807, 2.05) is 0 Å². The lowest BCUT2D eigenvalue weighted by Gasteiger charge is -2.39. The van der Waals surface area contributed by atoms with E-state index in [1.165, 1.54) is 17.7 Å². The van der Waals surface area contributed by atoms with Gasteiger partial charge in [0.25, 0.3) is 0 Å². The minimum Gasteiger partial charge on any atom is -0.481 e. The van der Waals surface area contributed by atoms with Gasteiger partial charge in [-0.2, -0.15) is 0 Å². The van der Waals surface area contributed by atoms with Gasteiger partial charge in [0.05, 0.1) is 5.92 Å². The molecule has 0 radical (unpaired) electrons. The third kappa shape index (κ3) is 4.54. The van der Waals surface area contributed by atoms with Gasteiger partial charge in [-0.3, -0.25) is 9.69 Å². The first-order valence-corrected chi connectivity index (χ1v) is 9.34. The highest BCUT2D eigenvalue weighted by atomic mass is 79.9. The van der Waals surface area contributed by atoms with E-state index in [1.54, 1.807) is 11.3 Å². The van der Waals surface area contributed by atoms with Crippen molar-refractivity contribution in [2.75, 3.05) is 7.05 Å². The van der Waals surface area contributed by atoms with Crippen molar-refractivity contribution >= 4 is 33.2 Å². The number of carboxylic acid groups (broad SMARTS) is 1. The van der Waals surface area contributed by atoms with Gasteiger partial charge in [0, 0.05) is 27.3 Å². The maximum Gasteiger partial charge on any atom is 0.308 e. The molecule has 5 heteroatoms. The molecule has 0 aromatic carbocycles. The molecular formula is C16H24BrNO2S. The number of halogens is 1. The zero-order chi connectivity index (χ0) is 15.4. The Morgan fingerprint density at radius 2 is 2.29 bits per heavy atom. The topological polar surface area (TPSA) is 40.5 Å². The summed E-state index contributed by atoms with van der Waals surface area (Å²) in [4.78, 5) is 15.1. The summed E-state index contributed by atoms with van der Waals surface area (Å²) in [5, 5.41) is 11.6. The van der Waals surface area contributed by atoms with Crippen LogP contribution in [-0.2, 0) is 11.3 Å². The van der Waals surface area contributed by atoms with Crippen molar-refractivity contribution in [2.24, 2.45) is 11.8 Å². The number of nitrogens with zero attached hydrogens (tertiary/aromatic N) is 1. The summed E-state index contributed by atoms with van der Waals surface area (Å²) in [6, 6.07) is 2.29. The van der Waals surface area contributed by atoms with Crippen molar-refractivity contribution in [1.29, 1.82) is 0 Å². The largest absolute Gasteiger partial charge is 0.481 e. The first kappa shape index (κ1) is 17.0. The Labute approximate surface area is 139 Å². The van der Waals surface area contributed by atoms with Crippen molar-refractivity contribution in [3.8, 4) is 0 Å². The first-order valence-electron chi connectivity index (χ1n) is 7.67. The van der Waals surface area contributed by atoms with Gasteiger partial charge in [-0.05, 0) is 54.2 Å². The third-order valence-electron chi connectivity index (χ3n) is 4.53. The Hall–Kier alpha value is -0.390. The molecule has 0 amide bonds. The molecule has 1 aliphatic rings. The van der Waals surface area contributed by atoms with Gasteiger partial charge >= 0.3 is 5.97 Å². The summed E-state index contributed by atoms with van der Waals surface area (Å²) in [5.74, 6) is -0.159. The van der Waals surface area contributed by atoms with Gasteiger partial charge in [0.2, 0.25) is 0 Å². The Bertz CT molecular complexity index is 477. The normalized spacial score (nSPS) is 26.2. The van der Waals surface area contributed by atoms with E-state index >= 15 is 0 Å². The molecule has 3 unspecified atom stereocenters. The number of aliphatic carboxylic acids is 1. The van der Waals surface area contributed by atoms with Gasteiger partial charge < -0.3 is 5.11 Å². The van der Waals surface area contributed by atoms with Gasteiger partial charge in [-0.1, -0.05) is 19.8 Å². The van der Waals surface area contributed by atoms with Crippen molar-refractivity contribution < 1.29 is 9.90 Å². The molecule has 3 nitrogen and oxygen atoms in total. The molecule has 1 heterocycles. The molecule has 118 valence electrons. The summed E-state index contributed by atoms with van der Waals surface area (Å²) in [6.45, 7) is 3.05. The van der Waals surface area contributed by atoms with E-state index in [9.17, 15) is 9.90 Å². The highest BCUT2D eigenvalue weighted by molar-refractivity contribution is 9.10. The number of carbonyl (C=O) groups is 1. The number of hydrogen-bond donors (Lipinski definition) is 1. The molecule has 0 bridgehead atoms. The summed E-state index contributed by atoms with van der Waals surface area (Å²) < 4.78 is 1.11. The number of carboxylic acids is 1. The number of hydrogen-bond acceptors (Lipinski definition) is 3. The van der Waals surface area contributed by atoms with Crippen LogP contribution < -0.4 is 0 Å². The minimum absolute atomic E-state index is 0.161. The molecule has 1 fully saturated rings. The Morgan fingerprint density at radius 1 is 1.52 bits per heavy atom. The van der Waals surface area contributed by atoms with Crippen molar-refractivity contribution in [3.05, 3.63) is 20.8 Å². The second kappa shape index (κ2) is 7.75. The molecule has 0 spiro atoms. The van der Waals surface area contributed by atoms with Crippen LogP contribution >= 0.6 is 27.3 Å². The van der Waals surface area contributed by atoms with E-state index in [-0.39, 0.29) is 12.0 Å². The molecule has 1 aromatic heterocycles. The Morgan fingerprint density at radius 3 is 2.86 bits per heavy atom. The molecule has 1 aromatic rings. The smallest absolute Gasteiger partial charge is 0.308 e. The van der Waals surface area contributed by atoms with Gasteiger partial charge in [0.15, 0.2) is 0 Å². The average molecular weight is 374 g/mol. The Balaban J connectivity index is 2.05. The molecule has 1 N–H and O–H groups in total. The van der Waals surface area contributed by atoms with Crippen LogP contribution in [0.1, 0.15) is 43.9 Å². The molecule has 2 rings (SSSR count). The van der Waals surface area contributed by atoms with Crippen LogP contribution in [0.4, 0.5) is 0 Å². The van der Waals surface area contributed by atoms with Crippen LogP contribution in [-0.4, -0.2) is 29.1 Å². The van der Waals surface area contributed by atoms with E-state index < -0.39 is 5.97 Å². The van der Waals surface area contributed by atoms with Crippen molar-refractivity contribution in [3.63, 3.8) is 0 Å². The minimum atomic E-state index is -0.630. The molecule has 0 aliphatic heterocycles. The maximum atomic E-state index is 11.6. The maximum absolute atomic E-state index is 11.6. The van der Waals surface area contributed by atoms with Gasteiger partial charge in [-0.25, -0.2) is 0 Å². The fourth-order valence-electron chi connectivity index (χ4n) is 3.48. The van der Waals surface area contributed by atoms with Crippen LogP contribution in [0.2, 0.25) is 0 Å². The third-order valence-corrected chi connectivity index (χ3v) is 6.21. The lowest BCUT2D eigenvalue weighted by molar-refractivity contribution is -0.146. The zero-order valence-electron chi connectivity index (χ0n) is 12.7. The number of thiophene rings is 1. The second-order valence-corrected chi connectivity index (χ2v) is 8.04. The zero-order valence-corrected chi connectivity index (χ0v) is 15.1. The standard InChI is InChI=1S/C16H24BrNO2S/c1-3-4-11-5-6-14(16(19)20)15(7-11)18(2)9-13-8-12(17)10-21-13/h8,10-11,14-15H,3-7,9H2,1-2H3,(H,19,20). The lowest BCUT2D eigenvalue weighted by atomic mass is 9.76. The summed E-state index contributed by atoms with van der Waals surface area (Å²) in [7, 11) is 2.07. The Kier molecular flexibility index (Phi) is 6.26. The quantitative estimate of drug-likeness (QED) is 0.790. The molecule has 1 aliphatic carbocycles. The predicted octanol–water partition coefficient (Wildman–Crippen LogP) is 4.61. The van der Waals surface area contributed by atoms with Crippen LogP contribution in [0.3, 0.4) is 0 Å². The van der Waals surface area contributed by atoms with E-state index in [0.29, 0.717) is 5.92 Å². The monoisotopic (exact) mass is 373 g/mol. The molecule has 3 atom stereocenters. The molecule has 1 saturated carbocycles. The SMILES string of the molecule is CCCC1CCC(C(=O)O)C(N(C)Cc2cc(Br)cs2)C1. The van der Waals surface area contributed by atoms with Crippen LogP contribution in [0.15, 0.2) is 15.9 Å². The highest BCUT2D eigenvalue weighted by Crippen LogP contribution is 2.35. The van der Waals surface area contributed by atoms with E-state index in [2.05, 4.69) is 46.2 Å². The first-order chi connectivity index (χ1) is 10.0. The summed E-state index contributed by atoms with van der Waals surface area (Å²) in [5.41, 5.74) is 0. The van der Waals surface area contributed by atoms with E-state index in [4.69, 9.17) is 0 Å². The van der Waals surface area contributed by atoms with Gasteiger partial charge in [-0.15, -0.1) is 11.3 Å². The number of rotatable bonds is 6. The fourth-order valence-corrected chi connectivity index (χ4v) is 4.99. The molecule has 21 heavy (non-hydrogen) atoms. The van der Waals surface area contributed by atoms with Crippen LogP contribution in [0.25, 0.3) is 0 Å².